The van der Waals surface area contributed by atoms with Gasteiger partial charge in [-0.3, -0.25) is 9.59 Å². The number of hydrogen-bond donors (Lipinski definition) is 3. The van der Waals surface area contributed by atoms with E-state index in [1.807, 2.05) is 0 Å². The lowest BCUT2D eigenvalue weighted by molar-refractivity contribution is -0.126. The lowest BCUT2D eigenvalue weighted by Crippen LogP contribution is -2.46. The van der Waals surface area contributed by atoms with Gasteiger partial charge >= 0.3 is 0 Å². The summed E-state index contributed by atoms with van der Waals surface area (Å²) >= 11 is 0. The van der Waals surface area contributed by atoms with Crippen LogP contribution in [0.25, 0.3) is 0 Å². The summed E-state index contributed by atoms with van der Waals surface area (Å²) in [6.45, 7) is 5.38. The Kier molecular flexibility index (Phi) is 7.34. The van der Waals surface area contributed by atoms with Crippen LogP contribution in [-0.2, 0) is 14.8 Å². The second-order valence-electron chi connectivity index (χ2n) is 6.65. The lowest BCUT2D eigenvalue weighted by Gasteiger charge is -2.32. The van der Waals surface area contributed by atoms with Crippen molar-refractivity contribution in [2.45, 2.75) is 31.6 Å². The summed E-state index contributed by atoms with van der Waals surface area (Å²) in [5.74, 6) is -0.626. The molecule has 150 valence electrons. The van der Waals surface area contributed by atoms with E-state index < -0.39 is 10.0 Å². The first kappa shape index (κ1) is 21.3. The van der Waals surface area contributed by atoms with E-state index in [0.29, 0.717) is 43.7 Å². The Morgan fingerprint density at radius 3 is 2.74 bits per heavy atom. The average molecular weight is 397 g/mol. The molecule has 1 heterocycles. The quantitative estimate of drug-likeness (QED) is 0.609. The zero-order valence-corrected chi connectivity index (χ0v) is 16.6. The molecule has 1 atom stereocenters. The summed E-state index contributed by atoms with van der Waals surface area (Å²) in [6, 6.07) is 4.53. The summed E-state index contributed by atoms with van der Waals surface area (Å²) in [6.07, 6.45) is 1.44. The van der Waals surface area contributed by atoms with Crippen LogP contribution in [0.2, 0.25) is 0 Å². The minimum atomic E-state index is -3.65. The number of hydrogen-bond acceptors (Lipinski definition) is 5. The fourth-order valence-corrected chi connectivity index (χ4v) is 4.22. The summed E-state index contributed by atoms with van der Waals surface area (Å²) < 4.78 is 26.9. The summed E-state index contributed by atoms with van der Waals surface area (Å²) in [5.41, 5.74) is 6.46. The van der Waals surface area contributed by atoms with Crippen molar-refractivity contribution >= 4 is 21.8 Å². The number of benzene rings is 1. The van der Waals surface area contributed by atoms with Gasteiger partial charge < -0.3 is 16.0 Å². The molecule has 8 nitrogen and oxygen atoms in total. The molecule has 0 aromatic heterocycles. The van der Waals surface area contributed by atoms with E-state index in [4.69, 9.17) is 5.73 Å². The van der Waals surface area contributed by atoms with Gasteiger partial charge in [-0.2, -0.15) is 0 Å². The number of piperidine rings is 1. The fraction of sp³-hybridized carbons (Fsp3) is 0.556. The van der Waals surface area contributed by atoms with Crippen molar-refractivity contribution in [1.29, 1.82) is 0 Å². The van der Waals surface area contributed by atoms with E-state index >= 15 is 0 Å². The second kappa shape index (κ2) is 9.29. The van der Waals surface area contributed by atoms with Crippen molar-refractivity contribution in [3.05, 3.63) is 29.3 Å². The van der Waals surface area contributed by atoms with E-state index in [-0.39, 0.29) is 29.2 Å². The highest BCUT2D eigenvalue weighted by atomic mass is 32.2. The molecule has 1 aromatic rings. The van der Waals surface area contributed by atoms with Gasteiger partial charge in [-0.15, -0.1) is 0 Å². The van der Waals surface area contributed by atoms with Gasteiger partial charge in [0, 0.05) is 38.3 Å². The van der Waals surface area contributed by atoms with E-state index in [1.54, 1.807) is 24.8 Å². The molecular formula is C18H28N4O4S. The maximum atomic E-state index is 13.0. The topological polar surface area (TPSA) is 122 Å². The molecule has 0 aliphatic carbocycles. The number of nitrogens with one attached hydrogen (secondary N) is 2. The number of sulfonamides is 1. The van der Waals surface area contributed by atoms with E-state index in [0.717, 1.165) is 6.42 Å². The monoisotopic (exact) mass is 396 g/mol. The zero-order valence-electron chi connectivity index (χ0n) is 15.8. The largest absolute Gasteiger partial charge is 0.355 e. The number of nitrogens with two attached hydrogens (primary N) is 1. The van der Waals surface area contributed by atoms with Crippen LogP contribution in [-0.4, -0.2) is 57.9 Å². The summed E-state index contributed by atoms with van der Waals surface area (Å²) in [4.78, 5) is 26.9. The van der Waals surface area contributed by atoms with Gasteiger partial charge in [-0.05, 0) is 37.5 Å². The van der Waals surface area contributed by atoms with Crippen LogP contribution in [0.5, 0.6) is 0 Å². The molecule has 4 N–H and O–H groups in total. The van der Waals surface area contributed by atoms with Crippen LogP contribution in [0.4, 0.5) is 0 Å². The molecule has 2 rings (SSSR count). The number of carbonyl (C=O) groups excluding carboxylic acids is 2. The standard InChI is InChI=1S/C18H28N4O4S/c1-3-21-27(25,26)15-7-6-13(2)16(11-15)18(24)22-10-4-5-14(12-22)17(23)20-9-8-19/h6-7,11,14,21H,3-5,8-10,12,19H2,1-2H3,(H,20,23). The van der Waals surface area contributed by atoms with Crippen LogP contribution in [0, 0.1) is 12.8 Å². The number of likely N-dealkylation sites (tertiary alicyclic amines) is 1. The molecule has 1 fully saturated rings. The van der Waals surface area contributed by atoms with Crippen molar-refractivity contribution in [2.24, 2.45) is 11.7 Å². The average Bonchev–Trinajstić information content (AvgIpc) is 2.65. The first-order valence-electron chi connectivity index (χ1n) is 9.17. The second-order valence-corrected chi connectivity index (χ2v) is 8.42. The van der Waals surface area contributed by atoms with E-state index in [9.17, 15) is 18.0 Å². The van der Waals surface area contributed by atoms with Crippen molar-refractivity contribution in [2.75, 3.05) is 32.7 Å². The van der Waals surface area contributed by atoms with Gasteiger partial charge in [-0.1, -0.05) is 13.0 Å². The minimum Gasteiger partial charge on any atom is -0.355 e. The van der Waals surface area contributed by atoms with Gasteiger partial charge in [0.05, 0.1) is 10.8 Å². The predicted octanol–water partition coefficient (Wildman–Crippen LogP) is 0.220. The SMILES string of the molecule is CCNS(=O)(=O)c1ccc(C)c(C(=O)N2CCCC(C(=O)NCCN)C2)c1. The number of rotatable bonds is 7. The third-order valence-corrected chi connectivity index (χ3v) is 6.15. The smallest absolute Gasteiger partial charge is 0.254 e. The van der Waals surface area contributed by atoms with Gasteiger partial charge in [0.15, 0.2) is 0 Å². The Bertz CT molecular complexity index is 795. The van der Waals surface area contributed by atoms with E-state index in [1.165, 1.54) is 12.1 Å². The number of aryl methyl sites for hydroxylation is 1. The third kappa shape index (κ3) is 5.27. The van der Waals surface area contributed by atoms with Crippen LogP contribution in [0.3, 0.4) is 0 Å². The molecule has 1 aromatic carbocycles. The molecule has 9 heteroatoms. The van der Waals surface area contributed by atoms with Crippen LogP contribution in [0.1, 0.15) is 35.7 Å². The molecule has 1 saturated heterocycles. The van der Waals surface area contributed by atoms with Crippen molar-refractivity contribution < 1.29 is 18.0 Å². The summed E-state index contributed by atoms with van der Waals surface area (Å²) in [7, 11) is -3.65. The zero-order chi connectivity index (χ0) is 20.0. The van der Waals surface area contributed by atoms with Gasteiger partial charge in [-0.25, -0.2) is 13.1 Å². The molecule has 1 unspecified atom stereocenters. The van der Waals surface area contributed by atoms with Crippen molar-refractivity contribution in [3.63, 3.8) is 0 Å². The maximum absolute atomic E-state index is 13.0. The molecule has 0 bridgehead atoms. The molecule has 1 aliphatic rings. The first-order chi connectivity index (χ1) is 12.8. The Morgan fingerprint density at radius 2 is 2.07 bits per heavy atom. The molecule has 0 radical (unpaired) electrons. The number of amides is 2. The molecule has 0 saturated carbocycles. The Morgan fingerprint density at radius 1 is 1.33 bits per heavy atom. The normalized spacial score (nSPS) is 17.6. The highest BCUT2D eigenvalue weighted by Gasteiger charge is 2.29. The minimum absolute atomic E-state index is 0.0625. The number of nitrogens with zero attached hydrogens (tertiary/aromatic N) is 1. The lowest BCUT2D eigenvalue weighted by atomic mass is 9.96. The van der Waals surface area contributed by atoms with Crippen LogP contribution >= 0.6 is 0 Å². The molecule has 0 spiro atoms. The van der Waals surface area contributed by atoms with Crippen LogP contribution in [0.15, 0.2) is 23.1 Å². The molecule has 27 heavy (non-hydrogen) atoms. The first-order valence-corrected chi connectivity index (χ1v) is 10.7. The maximum Gasteiger partial charge on any atom is 0.254 e. The van der Waals surface area contributed by atoms with Gasteiger partial charge in [0.2, 0.25) is 15.9 Å². The van der Waals surface area contributed by atoms with E-state index in [2.05, 4.69) is 10.0 Å². The fourth-order valence-electron chi connectivity index (χ4n) is 3.16. The molecular weight excluding hydrogens is 368 g/mol. The van der Waals surface area contributed by atoms with Gasteiger partial charge in [0.1, 0.15) is 0 Å². The van der Waals surface area contributed by atoms with Crippen molar-refractivity contribution in [1.82, 2.24) is 14.9 Å². The Hall–Kier alpha value is -1.97. The number of carbonyl (C=O) groups is 2. The van der Waals surface area contributed by atoms with Gasteiger partial charge in [0.25, 0.3) is 5.91 Å². The van der Waals surface area contributed by atoms with Crippen molar-refractivity contribution in [3.8, 4) is 0 Å². The highest BCUT2D eigenvalue weighted by molar-refractivity contribution is 7.89. The summed E-state index contributed by atoms with van der Waals surface area (Å²) in [5, 5.41) is 2.77. The van der Waals surface area contributed by atoms with Crippen LogP contribution < -0.4 is 15.8 Å². The predicted molar refractivity (Wildman–Crippen MR) is 103 cm³/mol. The molecule has 2 amide bonds. The Balaban J connectivity index is 2.20. The third-order valence-electron chi connectivity index (χ3n) is 4.61. The highest BCUT2D eigenvalue weighted by Crippen LogP contribution is 2.22. The molecule has 1 aliphatic heterocycles. The Labute approximate surface area is 160 Å².